The Kier molecular flexibility index (Phi) is 7.45. The molecule has 2 N–H and O–H groups in total. The summed E-state index contributed by atoms with van der Waals surface area (Å²) in [6, 6.07) is 16.9. The number of benzene rings is 3. The van der Waals surface area contributed by atoms with Gasteiger partial charge in [-0.05, 0) is 54.1 Å². The van der Waals surface area contributed by atoms with Crippen molar-refractivity contribution in [1.29, 1.82) is 0 Å². The van der Waals surface area contributed by atoms with E-state index in [1.807, 2.05) is 0 Å². The first kappa shape index (κ1) is 23.2. The summed E-state index contributed by atoms with van der Waals surface area (Å²) in [6.45, 7) is -0.358. The Morgan fingerprint density at radius 1 is 0.969 bits per heavy atom. The number of hydrogen-bond donors (Lipinski definition) is 2. The number of carbonyl (C=O) groups is 2. The topological polar surface area (TPSA) is 102 Å². The van der Waals surface area contributed by atoms with E-state index in [1.54, 1.807) is 24.3 Å². The number of anilines is 1. The second-order valence-electron chi connectivity index (χ2n) is 6.59. The SMILES string of the molecule is O=C(COC(=O)c1ccccc1NS(=O)(=O)c1ccc(F)cc1)NCc1cccc(Cl)c1. The van der Waals surface area contributed by atoms with Crippen LogP contribution >= 0.6 is 11.6 Å². The van der Waals surface area contributed by atoms with Crippen molar-refractivity contribution in [2.45, 2.75) is 11.4 Å². The molecule has 0 aliphatic carbocycles. The van der Waals surface area contributed by atoms with Gasteiger partial charge in [0.2, 0.25) is 0 Å². The van der Waals surface area contributed by atoms with Crippen molar-refractivity contribution < 1.29 is 27.1 Å². The van der Waals surface area contributed by atoms with E-state index in [2.05, 4.69) is 10.0 Å². The molecule has 0 saturated carbocycles. The molecule has 0 aromatic heterocycles. The number of hydrogen-bond acceptors (Lipinski definition) is 5. The van der Waals surface area contributed by atoms with Gasteiger partial charge in [-0.2, -0.15) is 0 Å². The zero-order valence-electron chi connectivity index (χ0n) is 16.5. The fourth-order valence-electron chi connectivity index (χ4n) is 2.67. The Balaban J connectivity index is 1.62. The van der Waals surface area contributed by atoms with Crippen molar-refractivity contribution in [3.8, 4) is 0 Å². The van der Waals surface area contributed by atoms with Crippen molar-refractivity contribution in [2.75, 3.05) is 11.3 Å². The summed E-state index contributed by atoms with van der Waals surface area (Å²) in [7, 11) is -4.07. The quantitative estimate of drug-likeness (QED) is 0.482. The fourth-order valence-corrected chi connectivity index (χ4v) is 3.97. The van der Waals surface area contributed by atoms with E-state index in [1.165, 1.54) is 24.3 Å². The average Bonchev–Trinajstić information content (AvgIpc) is 2.76. The standard InChI is InChI=1S/C22H18ClFN2O5S/c23-16-5-3-4-15(12-16)13-25-21(27)14-31-22(28)19-6-1-2-7-20(19)26-32(29,30)18-10-8-17(24)9-11-18/h1-12,26H,13-14H2,(H,25,27). The summed E-state index contributed by atoms with van der Waals surface area (Å²) in [5.41, 5.74) is 0.653. The first-order valence-corrected chi connectivity index (χ1v) is 11.2. The molecule has 0 unspecified atom stereocenters. The molecule has 0 saturated heterocycles. The van der Waals surface area contributed by atoms with Crippen molar-refractivity contribution in [1.82, 2.24) is 5.32 Å². The molecule has 0 fully saturated rings. The Morgan fingerprint density at radius 3 is 2.41 bits per heavy atom. The van der Waals surface area contributed by atoms with E-state index in [9.17, 15) is 22.4 Å². The molecule has 0 aliphatic rings. The van der Waals surface area contributed by atoms with Gasteiger partial charge in [0, 0.05) is 11.6 Å². The third kappa shape index (κ3) is 6.29. The number of esters is 1. The van der Waals surface area contributed by atoms with Crippen LogP contribution in [0.25, 0.3) is 0 Å². The van der Waals surface area contributed by atoms with E-state index >= 15 is 0 Å². The molecule has 3 aromatic carbocycles. The van der Waals surface area contributed by atoms with Crippen LogP contribution in [0.1, 0.15) is 15.9 Å². The maximum Gasteiger partial charge on any atom is 0.340 e. The molecule has 0 radical (unpaired) electrons. The summed E-state index contributed by atoms with van der Waals surface area (Å²) in [4.78, 5) is 24.3. The van der Waals surface area contributed by atoms with Gasteiger partial charge in [-0.25, -0.2) is 17.6 Å². The highest BCUT2D eigenvalue weighted by Crippen LogP contribution is 2.21. The number of nitrogens with one attached hydrogen (secondary N) is 2. The largest absolute Gasteiger partial charge is 0.452 e. The predicted octanol–water partition coefficient (Wildman–Crippen LogP) is 3.75. The van der Waals surface area contributed by atoms with Crippen LogP contribution in [0.2, 0.25) is 5.02 Å². The molecule has 0 bridgehead atoms. The first-order valence-electron chi connectivity index (χ1n) is 9.30. The van der Waals surface area contributed by atoms with Crippen molar-refractivity contribution in [2.24, 2.45) is 0 Å². The lowest BCUT2D eigenvalue weighted by atomic mass is 10.2. The summed E-state index contributed by atoms with van der Waals surface area (Å²) >= 11 is 5.89. The maximum absolute atomic E-state index is 13.1. The molecule has 7 nitrogen and oxygen atoms in total. The molecule has 0 heterocycles. The van der Waals surface area contributed by atoms with Crippen LogP contribution in [0.5, 0.6) is 0 Å². The fraction of sp³-hybridized carbons (Fsp3) is 0.0909. The minimum absolute atomic E-state index is 0.0406. The van der Waals surface area contributed by atoms with Gasteiger partial charge in [-0.3, -0.25) is 9.52 Å². The lowest BCUT2D eigenvalue weighted by molar-refractivity contribution is -0.124. The molecule has 3 aromatic rings. The average molecular weight is 477 g/mol. The van der Waals surface area contributed by atoms with Crippen LogP contribution in [0.15, 0.2) is 77.7 Å². The Hall–Kier alpha value is -3.43. The number of sulfonamides is 1. The molecule has 0 spiro atoms. The number of halogens is 2. The first-order chi connectivity index (χ1) is 15.2. The van der Waals surface area contributed by atoms with E-state index in [0.29, 0.717) is 5.02 Å². The van der Waals surface area contributed by atoms with Gasteiger partial charge in [-0.15, -0.1) is 0 Å². The number of para-hydroxylation sites is 1. The second-order valence-corrected chi connectivity index (χ2v) is 8.71. The van der Waals surface area contributed by atoms with Crippen molar-refractivity contribution >= 4 is 39.2 Å². The highest BCUT2D eigenvalue weighted by molar-refractivity contribution is 7.92. The molecule has 0 atom stereocenters. The smallest absolute Gasteiger partial charge is 0.340 e. The van der Waals surface area contributed by atoms with Crippen LogP contribution < -0.4 is 10.0 Å². The van der Waals surface area contributed by atoms with Gasteiger partial charge in [0.1, 0.15) is 5.82 Å². The van der Waals surface area contributed by atoms with Crippen LogP contribution in [0.3, 0.4) is 0 Å². The Morgan fingerprint density at radius 2 is 1.69 bits per heavy atom. The van der Waals surface area contributed by atoms with Gasteiger partial charge in [0.05, 0.1) is 16.1 Å². The predicted molar refractivity (Wildman–Crippen MR) is 117 cm³/mol. The monoisotopic (exact) mass is 476 g/mol. The molecular weight excluding hydrogens is 459 g/mol. The van der Waals surface area contributed by atoms with E-state index in [-0.39, 0.29) is 22.7 Å². The van der Waals surface area contributed by atoms with Crippen LogP contribution in [0, 0.1) is 5.82 Å². The van der Waals surface area contributed by atoms with Crippen molar-refractivity contribution in [3.63, 3.8) is 0 Å². The van der Waals surface area contributed by atoms with Crippen LogP contribution in [-0.4, -0.2) is 26.9 Å². The molecule has 0 aliphatic heterocycles. The highest BCUT2D eigenvalue weighted by Gasteiger charge is 2.20. The molecule has 10 heteroatoms. The summed E-state index contributed by atoms with van der Waals surface area (Å²) in [5.74, 6) is -2.01. The lowest BCUT2D eigenvalue weighted by Gasteiger charge is -2.12. The normalized spacial score (nSPS) is 10.9. The van der Waals surface area contributed by atoms with Crippen LogP contribution in [-0.2, 0) is 26.1 Å². The molecule has 166 valence electrons. The third-order valence-corrected chi connectivity index (χ3v) is 5.84. The van der Waals surface area contributed by atoms with Crippen LogP contribution in [0.4, 0.5) is 10.1 Å². The number of amides is 1. The number of rotatable bonds is 8. The summed E-state index contributed by atoms with van der Waals surface area (Å²) in [6.07, 6.45) is 0. The molecule has 1 amide bonds. The minimum Gasteiger partial charge on any atom is -0.452 e. The number of carbonyl (C=O) groups excluding carboxylic acids is 2. The van der Waals surface area contributed by atoms with E-state index in [4.69, 9.17) is 16.3 Å². The molecule has 32 heavy (non-hydrogen) atoms. The van der Waals surface area contributed by atoms with Gasteiger partial charge < -0.3 is 10.1 Å². The summed E-state index contributed by atoms with van der Waals surface area (Å²) in [5, 5.41) is 3.13. The zero-order chi connectivity index (χ0) is 23.1. The third-order valence-electron chi connectivity index (χ3n) is 4.23. The number of ether oxygens (including phenoxy) is 1. The maximum atomic E-state index is 13.1. The second kappa shape index (κ2) is 10.3. The van der Waals surface area contributed by atoms with Gasteiger partial charge in [0.25, 0.3) is 15.9 Å². The minimum atomic E-state index is -4.07. The Labute approximate surface area is 189 Å². The molecule has 3 rings (SSSR count). The zero-order valence-corrected chi connectivity index (χ0v) is 18.1. The molecular formula is C22H18ClFN2O5S. The van der Waals surface area contributed by atoms with Gasteiger partial charge >= 0.3 is 5.97 Å². The summed E-state index contributed by atoms with van der Waals surface area (Å²) < 4.78 is 45.4. The van der Waals surface area contributed by atoms with Gasteiger partial charge in [0.15, 0.2) is 6.61 Å². The lowest BCUT2D eigenvalue weighted by Crippen LogP contribution is -2.28. The Bertz CT molecular complexity index is 1230. The van der Waals surface area contributed by atoms with Gasteiger partial charge in [-0.1, -0.05) is 35.9 Å². The highest BCUT2D eigenvalue weighted by atomic mass is 35.5. The van der Waals surface area contributed by atoms with E-state index in [0.717, 1.165) is 29.8 Å². The van der Waals surface area contributed by atoms with E-state index < -0.39 is 34.3 Å². The van der Waals surface area contributed by atoms with Crippen molar-refractivity contribution in [3.05, 3.63) is 94.8 Å².